The number of amides is 2. The molecule has 2 amide bonds. The van der Waals surface area contributed by atoms with Crippen LogP contribution in [0.5, 0.6) is 5.75 Å². The van der Waals surface area contributed by atoms with Crippen LogP contribution < -0.4 is 15.4 Å². The Hall–Kier alpha value is -3.93. The van der Waals surface area contributed by atoms with Crippen molar-refractivity contribution in [3.63, 3.8) is 0 Å². The first kappa shape index (κ1) is 25.7. The molecule has 0 spiro atoms. The second-order valence-corrected chi connectivity index (χ2v) is 8.54. The van der Waals surface area contributed by atoms with Crippen LogP contribution in [-0.4, -0.2) is 44.4 Å². The summed E-state index contributed by atoms with van der Waals surface area (Å²) in [5, 5.41) is 25.5. The summed E-state index contributed by atoms with van der Waals surface area (Å²) >= 11 is 1.21. The number of aromatic nitrogens is 3. The Morgan fingerprint density at radius 3 is 2.51 bits per heavy atom. The predicted molar refractivity (Wildman–Crippen MR) is 132 cm³/mol. The molecule has 1 heterocycles. The lowest BCUT2D eigenvalue weighted by atomic mass is 10.2. The summed E-state index contributed by atoms with van der Waals surface area (Å²) in [7, 11) is 1.56. The van der Waals surface area contributed by atoms with Crippen molar-refractivity contribution in [2.24, 2.45) is 0 Å². The Morgan fingerprint density at radius 1 is 1.20 bits per heavy atom. The number of hydrogen-bond donors (Lipinski definition) is 2. The van der Waals surface area contributed by atoms with E-state index in [2.05, 4.69) is 20.8 Å². The number of methoxy groups -OCH3 is 1. The molecule has 0 aliphatic carbocycles. The molecule has 0 saturated heterocycles. The molecule has 11 nitrogen and oxygen atoms in total. The molecule has 35 heavy (non-hydrogen) atoms. The zero-order valence-electron chi connectivity index (χ0n) is 19.8. The quantitative estimate of drug-likeness (QED) is 0.245. The van der Waals surface area contributed by atoms with Gasteiger partial charge in [0, 0.05) is 29.9 Å². The third-order valence-corrected chi connectivity index (χ3v) is 6.14. The Balaban J connectivity index is 1.62. The van der Waals surface area contributed by atoms with Gasteiger partial charge in [0.2, 0.25) is 5.91 Å². The number of anilines is 1. The summed E-state index contributed by atoms with van der Waals surface area (Å²) in [4.78, 5) is 35.5. The van der Waals surface area contributed by atoms with E-state index in [9.17, 15) is 19.7 Å². The first-order chi connectivity index (χ1) is 16.7. The molecule has 2 aromatic carbocycles. The monoisotopic (exact) mass is 498 g/mol. The number of hydrogen-bond acceptors (Lipinski definition) is 8. The fraction of sp³-hybridized carbons (Fsp3) is 0.304. The Morgan fingerprint density at radius 2 is 1.91 bits per heavy atom. The van der Waals surface area contributed by atoms with Crippen LogP contribution in [0.15, 0.2) is 47.6 Å². The Kier molecular flexibility index (Phi) is 8.42. The zero-order valence-corrected chi connectivity index (χ0v) is 20.6. The van der Waals surface area contributed by atoms with Gasteiger partial charge in [0.1, 0.15) is 5.75 Å². The van der Waals surface area contributed by atoms with Gasteiger partial charge >= 0.3 is 0 Å². The molecule has 184 valence electrons. The molecule has 0 saturated carbocycles. The van der Waals surface area contributed by atoms with Gasteiger partial charge in [-0.15, -0.1) is 10.2 Å². The molecule has 3 rings (SSSR count). The van der Waals surface area contributed by atoms with Crippen LogP contribution in [0.25, 0.3) is 0 Å². The molecular formula is C23H26N6O5S. The third-order valence-electron chi connectivity index (χ3n) is 5.18. The van der Waals surface area contributed by atoms with Crippen molar-refractivity contribution < 1.29 is 19.2 Å². The van der Waals surface area contributed by atoms with E-state index in [-0.39, 0.29) is 23.3 Å². The van der Waals surface area contributed by atoms with E-state index in [1.54, 1.807) is 38.3 Å². The van der Waals surface area contributed by atoms with Crippen molar-refractivity contribution in [1.82, 2.24) is 20.1 Å². The van der Waals surface area contributed by atoms with E-state index < -0.39 is 11.0 Å². The molecule has 0 fully saturated rings. The molecule has 1 atom stereocenters. The number of non-ortho nitro benzene ring substituents is 1. The van der Waals surface area contributed by atoms with Crippen LogP contribution in [0, 0.1) is 17.0 Å². The lowest BCUT2D eigenvalue weighted by molar-refractivity contribution is -0.384. The molecule has 0 bridgehead atoms. The molecule has 3 aromatic rings. The number of carbonyl (C=O) groups is 2. The van der Waals surface area contributed by atoms with E-state index >= 15 is 0 Å². The van der Waals surface area contributed by atoms with Gasteiger partial charge in [0.25, 0.3) is 11.6 Å². The SMILES string of the molecule is CCn1c(SCC(=O)Nc2ccc([N+](=O)[O-])cc2C)nnc1C(C)NC(=O)c1ccc(OC)cc1. The summed E-state index contributed by atoms with van der Waals surface area (Å²) in [6, 6.07) is 10.6. The van der Waals surface area contributed by atoms with Crippen LogP contribution in [0.3, 0.4) is 0 Å². The van der Waals surface area contributed by atoms with Gasteiger partial charge in [0.15, 0.2) is 11.0 Å². The van der Waals surface area contributed by atoms with Gasteiger partial charge in [0.05, 0.1) is 23.8 Å². The second-order valence-electron chi connectivity index (χ2n) is 7.60. The van der Waals surface area contributed by atoms with E-state index in [4.69, 9.17) is 4.74 Å². The average Bonchev–Trinajstić information content (AvgIpc) is 3.27. The number of ether oxygens (including phenoxy) is 1. The van der Waals surface area contributed by atoms with Crippen molar-refractivity contribution in [2.75, 3.05) is 18.2 Å². The highest BCUT2D eigenvalue weighted by Crippen LogP contribution is 2.24. The molecule has 2 N–H and O–H groups in total. The summed E-state index contributed by atoms with van der Waals surface area (Å²) in [6.45, 7) is 5.99. The van der Waals surface area contributed by atoms with Gasteiger partial charge in [-0.1, -0.05) is 11.8 Å². The van der Waals surface area contributed by atoms with E-state index in [1.165, 1.54) is 30.0 Å². The van der Waals surface area contributed by atoms with Crippen molar-refractivity contribution in [3.8, 4) is 5.75 Å². The third kappa shape index (κ3) is 6.35. The summed E-state index contributed by atoms with van der Waals surface area (Å²) in [6.07, 6.45) is 0. The fourth-order valence-electron chi connectivity index (χ4n) is 3.33. The molecular weight excluding hydrogens is 472 g/mol. The van der Waals surface area contributed by atoms with Crippen molar-refractivity contribution >= 4 is 35.0 Å². The van der Waals surface area contributed by atoms with E-state index in [0.29, 0.717) is 40.1 Å². The second kappa shape index (κ2) is 11.5. The largest absolute Gasteiger partial charge is 0.497 e. The van der Waals surface area contributed by atoms with Crippen LogP contribution in [0.2, 0.25) is 0 Å². The molecule has 0 aliphatic rings. The van der Waals surface area contributed by atoms with E-state index in [1.807, 2.05) is 18.4 Å². The molecule has 12 heteroatoms. The minimum atomic E-state index is -0.482. The van der Waals surface area contributed by atoms with Crippen LogP contribution in [0.1, 0.15) is 41.6 Å². The van der Waals surface area contributed by atoms with Crippen LogP contribution >= 0.6 is 11.8 Å². The lowest BCUT2D eigenvalue weighted by Gasteiger charge is -2.15. The lowest BCUT2D eigenvalue weighted by Crippen LogP contribution is -2.28. The standard InChI is InChI=1S/C23H26N6O5S/c1-5-28-21(15(3)24-22(31)16-6-9-18(34-4)10-7-16)26-27-23(28)35-13-20(30)25-19-11-8-17(29(32)33)12-14(19)2/h6-12,15H,5,13H2,1-4H3,(H,24,31)(H,25,30). The van der Waals surface area contributed by atoms with Crippen LogP contribution in [0.4, 0.5) is 11.4 Å². The van der Waals surface area contributed by atoms with Crippen molar-refractivity contribution in [1.29, 1.82) is 0 Å². The molecule has 0 aliphatic heterocycles. The highest BCUT2D eigenvalue weighted by molar-refractivity contribution is 7.99. The molecule has 1 aromatic heterocycles. The normalized spacial score (nSPS) is 11.5. The molecule has 1 unspecified atom stereocenters. The van der Waals surface area contributed by atoms with Crippen molar-refractivity contribution in [2.45, 2.75) is 38.5 Å². The summed E-state index contributed by atoms with van der Waals surface area (Å²) in [5.41, 5.74) is 1.56. The number of rotatable bonds is 10. The number of aryl methyl sites for hydroxylation is 1. The fourth-order valence-corrected chi connectivity index (χ4v) is 4.14. The maximum atomic E-state index is 12.6. The number of nitro groups is 1. The van der Waals surface area contributed by atoms with Gasteiger partial charge in [-0.25, -0.2) is 0 Å². The highest BCUT2D eigenvalue weighted by atomic mass is 32.2. The van der Waals surface area contributed by atoms with Crippen molar-refractivity contribution in [3.05, 3.63) is 69.5 Å². The minimum absolute atomic E-state index is 0.0355. The predicted octanol–water partition coefficient (Wildman–Crippen LogP) is 3.75. The maximum absolute atomic E-state index is 12.6. The number of nitrogens with zero attached hydrogens (tertiary/aromatic N) is 4. The minimum Gasteiger partial charge on any atom is -0.497 e. The number of nitrogens with one attached hydrogen (secondary N) is 2. The first-order valence-corrected chi connectivity index (χ1v) is 11.8. The zero-order chi connectivity index (χ0) is 25.5. The first-order valence-electron chi connectivity index (χ1n) is 10.8. The topological polar surface area (TPSA) is 141 Å². The van der Waals surface area contributed by atoms with Gasteiger partial charge in [-0.3, -0.25) is 19.7 Å². The number of nitro benzene ring substituents is 1. The summed E-state index contributed by atoms with van der Waals surface area (Å²) in [5.74, 6) is 0.775. The number of thioether (sulfide) groups is 1. The smallest absolute Gasteiger partial charge is 0.269 e. The maximum Gasteiger partial charge on any atom is 0.269 e. The van der Waals surface area contributed by atoms with Gasteiger partial charge < -0.3 is 19.9 Å². The highest BCUT2D eigenvalue weighted by Gasteiger charge is 2.20. The molecule has 0 radical (unpaired) electrons. The van der Waals surface area contributed by atoms with Crippen LogP contribution in [-0.2, 0) is 11.3 Å². The Bertz CT molecular complexity index is 1230. The van der Waals surface area contributed by atoms with Gasteiger partial charge in [-0.2, -0.15) is 0 Å². The summed E-state index contributed by atoms with van der Waals surface area (Å²) < 4.78 is 6.96. The van der Waals surface area contributed by atoms with E-state index in [0.717, 1.165) is 0 Å². The average molecular weight is 499 g/mol. The van der Waals surface area contributed by atoms with Gasteiger partial charge in [-0.05, 0) is 56.7 Å². The number of benzene rings is 2. The Labute approximate surface area is 206 Å². The number of carbonyl (C=O) groups excluding carboxylic acids is 2.